The number of rotatable bonds is 1. The van der Waals surface area contributed by atoms with Crippen LogP contribution in [0.3, 0.4) is 0 Å². The van der Waals surface area contributed by atoms with Crippen molar-refractivity contribution >= 4 is 0 Å². The molecule has 2 aliphatic carbocycles. The average molecular weight is 316 g/mol. The van der Waals surface area contributed by atoms with Crippen LogP contribution in [0, 0.1) is 31.1 Å². The van der Waals surface area contributed by atoms with Gasteiger partial charge in [0.15, 0.2) is 0 Å². The summed E-state index contributed by atoms with van der Waals surface area (Å²) in [5.41, 5.74) is 10.9. The molecule has 3 N–H and O–H groups in total. The van der Waals surface area contributed by atoms with Gasteiger partial charge in [-0.25, -0.2) is 0 Å². The van der Waals surface area contributed by atoms with E-state index in [2.05, 4.69) is 34.6 Å². The van der Waals surface area contributed by atoms with Gasteiger partial charge in [-0.3, -0.25) is 0 Å². The van der Waals surface area contributed by atoms with Crippen LogP contribution in [0.5, 0.6) is 5.75 Å². The fourth-order valence-corrected chi connectivity index (χ4v) is 5.98. The Kier molecular flexibility index (Phi) is 4.03. The molecule has 1 aromatic carbocycles. The van der Waals surface area contributed by atoms with Crippen molar-refractivity contribution in [3.63, 3.8) is 0 Å². The summed E-state index contributed by atoms with van der Waals surface area (Å²) in [6.07, 6.45) is 6.22. The summed E-state index contributed by atoms with van der Waals surface area (Å²) in [7, 11) is 0. The maximum atomic E-state index is 9.87. The van der Waals surface area contributed by atoms with Gasteiger partial charge in [0.1, 0.15) is 5.75 Å². The van der Waals surface area contributed by atoms with E-state index < -0.39 is 0 Å². The van der Waals surface area contributed by atoms with E-state index in [1.807, 2.05) is 12.1 Å². The van der Waals surface area contributed by atoms with Crippen LogP contribution in [0.4, 0.5) is 0 Å². The lowest BCUT2D eigenvalue weighted by atomic mass is 9.51. The zero-order valence-electron chi connectivity index (χ0n) is 15.4. The number of aryl methyl sites for hydroxylation is 2. The third kappa shape index (κ3) is 2.69. The van der Waals surface area contributed by atoms with E-state index >= 15 is 0 Å². The number of aromatic hydroxyl groups is 1. The average Bonchev–Trinajstić information content (AvgIpc) is 2.41. The Morgan fingerprint density at radius 3 is 2.26 bits per heavy atom. The van der Waals surface area contributed by atoms with E-state index in [9.17, 15) is 5.11 Å². The Balaban J connectivity index is 1.93. The first-order valence-corrected chi connectivity index (χ1v) is 9.21. The third-order valence-electron chi connectivity index (χ3n) is 7.17. The molecule has 0 aliphatic heterocycles. The van der Waals surface area contributed by atoms with E-state index in [0.29, 0.717) is 11.8 Å². The molecule has 0 bridgehead atoms. The number of hydrogen-bond donors (Lipinski definition) is 2. The zero-order chi connectivity index (χ0) is 17.0. The first-order valence-electron chi connectivity index (χ1n) is 9.21. The lowest BCUT2D eigenvalue weighted by molar-refractivity contribution is -0.00125. The Morgan fingerprint density at radius 1 is 1.04 bits per heavy atom. The predicted octanol–water partition coefficient (Wildman–Crippen LogP) is 4.83. The van der Waals surface area contributed by atoms with Crippen LogP contribution in [0.1, 0.15) is 69.6 Å². The number of phenolic OH excluding ortho intramolecular Hbond substituents is 1. The fraction of sp³-hybridized carbons (Fsp3) is 0.714. The van der Waals surface area contributed by atoms with E-state index in [-0.39, 0.29) is 10.8 Å². The molecule has 0 amide bonds. The molecule has 3 rings (SSSR count). The van der Waals surface area contributed by atoms with E-state index in [4.69, 9.17) is 5.73 Å². The topological polar surface area (TPSA) is 46.2 Å². The molecule has 4 atom stereocenters. The molecule has 0 aromatic heterocycles. The predicted molar refractivity (Wildman–Crippen MR) is 96.8 cm³/mol. The van der Waals surface area contributed by atoms with Gasteiger partial charge >= 0.3 is 0 Å². The lowest BCUT2D eigenvalue weighted by Crippen LogP contribution is -2.52. The molecule has 2 saturated carbocycles. The molecule has 1 aromatic rings. The fourth-order valence-electron chi connectivity index (χ4n) is 5.98. The standard InChI is InChI=1S/C21H33NO/c1-13-10-16(23)11-14(2)19(13)21(5)9-8-17-15(12-21)6-7-18(22)20(17,3)4/h10-11,15,17-18,23H,6-9,12,22H2,1-5H3/t15?,17?,18?,21-/m0/s1. The Labute approximate surface area is 141 Å². The SMILES string of the molecule is Cc1cc(O)cc(C)c1[C@@]1(C)CCC2C(CCC(N)C2(C)C)C1. The number of fused-ring (bicyclic) bond motifs is 1. The maximum absolute atomic E-state index is 9.87. The summed E-state index contributed by atoms with van der Waals surface area (Å²) in [6, 6.07) is 4.21. The molecule has 0 saturated heterocycles. The second-order valence-corrected chi connectivity index (χ2v) is 9.13. The maximum Gasteiger partial charge on any atom is 0.116 e. The van der Waals surface area contributed by atoms with Gasteiger partial charge < -0.3 is 10.8 Å². The minimum atomic E-state index is 0.237. The highest BCUT2D eigenvalue weighted by Gasteiger charge is 2.49. The van der Waals surface area contributed by atoms with Gasteiger partial charge in [0, 0.05) is 6.04 Å². The molecule has 23 heavy (non-hydrogen) atoms. The molecular formula is C21H33NO. The Morgan fingerprint density at radius 2 is 1.65 bits per heavy atom. The molecular weight excluding hydrogens is 282 g/mol. The summed E-state index contributed by atoms with van der Waals surface area (Å²) in [6.45, 7) is 11.5. The highest BCUT2D eigenvalue weighted by Crippen LogP contribution is 2.55. The molecule has 2 heteroatoms. The van der Waals surface area contributed by atoms with E-state index in [1.54, 1.807) is 0 Å². The van der Waals surface area contributed by atoms with Gasteiger partial charge in [0.2, 0.25) is 0 Å². The van der Waals surface area contributed by atoms with Crippen LogP contribution in [-0.4, -0.2) is 11.1 Å². The molecule has 2 nitrogen and oxygen atoms in total. The van der Waals surface area contributed by atoms with E-state index in [1.165, 1.54) is 42.4 Å². The molecule has 2 fully saturated rings. The normalized spacial score (nSPS) is 36.5. The quantitative estimate of drug-likeness (QED) is 0.779. The Bertz CT molecular complexity index is 583. The second-order valence-electron chi connectivity index (χ2n) is 9.13. The molecule has 2 aliphatic rings. The van der Waals surface area contributed by atoms with Crippen molar-refractivity contribution in [2.45, 2.75) is 78.2 Å². The number of hydrogen-bond acceptors (Lipinski definition) is 2. The van der Waals surface area contributed by atoms with Crippen LogP contribution in [0.15, 0.2) is 12.1 Å². The molecule has 0 spiro atoms. The molecule has 0 radical (unpaired) electrons. The van der Waals surface area contributed by atoms with Crippen LogP contribution in [-0.2, 0) is 5.41 Å². The number of nitrogens with two attached hydrogens (primary N) is 1. The first kappa shape index (κ1) is 16.8. The Hall–Kier alpha value is -1.02. The highest BCUT2D eigenvalue weighted by atomic mass is 16.3. The van der Waals surface area contributed by atoms with E-state index in [0.717, 1.165) is 18.3 Å². The minimum absolute atomic E-state index is 0.237. The monoisotopic (exact) mass is 315 g/mol. The number of phenols is 1. The second kappa shape index (κ2) is 5.51. The zero-order valence-corrected chi connectivity index (χ0v) is 15.4. The van der Waals surface area contributed by atoms with Gasteiger partial charge in [-0.2, -0.15) is 0 Å². The molecule has 3 unspecified atom stereocenters. The van der Waals surface area contributed by atoms with Crippen LogP contribution < -0.4 is 5.73 Å². The highest BCUT2D eigenvalue weighted by molar-refractivity contribution is 5.45. The molecule has 128 valence electrons. The smallest absolute Gasteiger partial charge is 0.116 e. The van der Waals surface area contributed by atoms with Crippen LogP contribution in [0.25, 0.3) is 0 Å². The van der Waals surface area contributed by atoms with Crippen molar-refractivity contribution < 1.29 is 5.11 Å². The summed E-state index contributed by atoms with van der Waals surface area (Å²) < 4.78 is 0. The first-order chi connectivity index (χ1) is 10.6. The minimum Gasteiger partial charge on any atom is -0.508 e. The largest absolute Gasteiger partial charge is 0.508 e. The summed E-state index contributed by atoms with van der Waals surface area (Å²) in [4.78, 5) is 0. The van der Waals surface area contributed by atoms with Gasteiger partial charge in [-0.15, -0.1) is 0 Å². The third-order valence-corrected chi connectivity index (χ3v) is 7.17. The van der Waals surface area contributed by atoms with Crippen molar-refractivity contribution in [2.24, 2.45) is 23.0 Å². The summed E-state index contributed by atoms with van der Waals surface area (Å²) in [5.74, 6) is 1.94. The lowest BCUT2D eigenvalue weighted by Gasteiger charge is -2.54. The van der Waals surface area contributed by atoms with Gasteiger partial charge in [0.25, 0.3) is 0 Å². The van der Waals surface area contributed by atoms with Gasteiger partial charge in [0.05, 0.1) is 0 Å². The van der Waals surface area contributed by atoms with Crippen LogP contribution >= 0.6 is 0 Å². The summed E-state index contributed by atoms with van der Waals surface area (Å²) >= 11 is 0. The van der Waals surface area contributed by atoms with Crippen LogP contribution in [0.2, 0.25) is 0 Å². The summed E-state index contributed by atoms with van der Waals surface area (Å²) in [5, 5.41) is 9.87. The van der Waals surface area contributed by atoms with Gasteiger partial charge in [-0.1, -0.05) is 20.8 Å². The van der Waals surface area contributed by atoms with Crippen molar-refractivity contribution in [2.75, 3.05) is 0 Å². The van der Waals surface area contributed by atoms with Crippen molar-refractivity contribution in [1.82, 2.24) is 0 Å². The molecule has 0 heterocycles. The van der Waals surface area contributed by atoms with Crippen molar-refractivity contribution in [1.29, 1.82) is 0 Å². The number of benzene rings is 1. The van der Waals surface area contributed by atoms with Crippen molar-refractivity contribution in [3.05, 3.63) is 28.8 Å². The van der Waals surface area contributed by atoms with Gasteiger partial charge in [-0.05, 0) is 97.4 Å². The van der Waals surface area contributed by atoms with Crippen molar-refractivity contribution in [3.8, 4) is 5.75 Å².